The molecule has 9 nitrogen and oxygen atoms in total. The van der Waals surface area contributed by atoms with Crippen molar-refractivity contribution in [1.82, 2.24) is 14.7 Å². The van der Waals surface area contributed by atoms with Crippen LogP contribution in [0.2, 0.25) is 15.1 Å². The average molecular weight is 1430 g/mol. The number of nitrogens with zero attached hydrogens (tertiary/aromatic N) is 6. The Morgan fingerprint density at radius 1 is 0.281 bits per heavy atom. The average Bonchev–Trinajstić information content (AvgIpc) is 1.13. The Morgan fingerprint density at radius 2 is 0.469 bits per heavy atom. The molecule has 0 radical (unpaired) electrons. The van der Waals surface area contributed by atoms with E-state index < -0.39 is 70.4 Å². The third kappa shape index (κ3) is 17.0. The van der Waals surface area contributed by atoms with Crippen molar-refractivity contribution in [3.05, 3.63) is 193 Å². The molecule has 6 aromatic rings. The molecule has 6 aromatic carbocycles. The van der Waals surface area contributed by atoms with Gasteiger partial charge in [0.25, 0.3) is 0 Å². The van der Waals surface area contributed by atoms with Crippen molar-refractivity contribution >= 4 is 69.6 Å². The number of amides is 3. The van der Waals surface area contributed by atoms with Gasteiger partial charge < -0.3 is 29.4 Å². The maximum atomic E-state index is 13.0. The number of carbonyl (C=O) groups is 3. The first-order valence-corrected chi connectivity index (χ1v) is 31.2. The van der Waals surface area contributed by atoms with Gasteiger partial charge in [-0.3, -0.25) is 14.4 Å². The van der Waals surface area contributed by atoms with Gasteiger partial charge in [-0.05, 0) is 145 Å². The van der Waals surface area contributed by atoms with E-state index in [2.05, 4.69) is 0 Å². The second-order valence-corrected chi connectivity index (χ2v) is 25.4. The van der Waals surface area contributed by atoms with Gasteiger partial charge >= 0.3 is 37.1 Å². The molecule has 6 fully saturated rings. The minimum atomic E-state index is -4.48. The first-order chi connectivity index (χ1) is 44.8. The van der Waals surface area contributed by atoms with E-state index in [-0.39, 0.29) is 85.4 Å². The maximum Gasteiger partial charge on any atom is 0.416 e. The van der Waals surface area contributed by atoms with Crippen LogP contribution in [-0.4, -0.2) is 111 Å². The van der Waals surface area contributed by atoms with Gasteiger partial charge in [-0.2, -0.15) is 79.0 Å². The zero-order valence-corrected chi connectivity index (χ0v) is 52.3. The van der Waals surface area contributed by atoms with Crippen molar-refractivity contribution in [2.75, 3.05) is 93.2 Å². The molecule has 3 aliphatic carbocycles. The van der Waals surface area contributed by atoms with Crippen LogP contribution in [-0.2, 0) is 51.4 Å². The van der Waals surface area contributed by atoms with Crippen LogP contribution in [0.4, 0.5) is 96.1 Å². The molecule has 1 unspecified atom stereocenters. The molecule has 3 heterocycles. The number of alkyl halides is 18. The zero-order chi connectivity index (χ0) is 69.8. The van der Waals surface area contributed by atoms with Gasteiger partial charge in [0.1, 0.15) is 0 Å². The summed E-state index contributed by atoms with van der Waals surface area (Å²) in [5, 5.41) is 0.631. The van der Waals surface area contributed by atoms with Crippen molar-refractivity contribution in [2.24, 2.45) is 17.8 Å². The van der Waals surface area contributed by atoms with E-state index in [1.165, 1.54) is 54.6 Å². The van der Waals surface area contributed by atoms with Gasteiger partial charge in [0.15, 0.2) is 0 Å². The Labute approximate surface area is 553 Å². The number of piperazine rings is 3. The van der Waals surface area contributed by atoms with Gasteiger partial charge in [-0.1, -0.05) is 71.2 Å². The molecule has 3 amide bonds. The van der Waals surface area contributed by atoms with Gasteiger partial charge in [-0.15, -0.1) is 0 Å². The van der Waals surface area contributed by atoms with E-state index in [1.807, 2.05) is 0 Å². The molecule has 3 saturated heterocycles. The predicted molar refractivity (Wildman–Crippen MR) is 323 cm³/mol. The molecule has 0 spiro atoms. The van der Waals surface area contributed by atoms with Crippen molar-refractivity contribution in [1.29, 1.82) is 0 Å². The smallest absolute Gasteiger partial charge is 0.367 e. The summed E-state index contributed by atoms with van der Waals surface area (Å²) < 4.78 is 232. The van der Waals surface area contributed by atoms with Crippen LogP contribution in [0.15, 0.2) is 127 Å². The molecule has 0 N–H and O–H groups in total. The van der Waals surface area contributed by atoms with Gasteiger partial charge in [0.05, 0.1) is 65.5 Å². The number of carbonyl (C=O) groups excluding carboxylic acids is 3. The summed E-state index contributed by atoms with van der Waals surface area (Å²) in [5.41, 5.74) is -1.60. The Hall–Kier alpha value is -7.26. The number of halogens is 21. The Balaban J connectivity index is 0.000000157. The molecular formula is C66H57Cl3F18N6O3. The fourth-order valence-corrected chi connectivity index (χ4v) is 13.0. The second-order valence-electron chi connectivity index (χ2n) is 24.1. The molecule has 0 bridgehead atoms. The Kier molecular flexibility index (Phi) is 20.5. The number of hydrogen-bond donors (Lipinski definition) is 0. The zero-order valence-electron chi connectivity index (χ0n) is 50.0. The summed E-state index contributed by atoms with van der Waals surface area (Å²) in [5.74, 6) is -1.41. The lowest BCUT2D eigenvalue weighted by Crippen LogP contribution is -2.49. The molecule has 30 heteroatoms. The highest BCUT2D eigenvalue weighted by molar-refractivity contribution is 6.34. The summed E-state index contributed by atoms with van der Waals surface area (Å²) in [6.07, 6.45) is -24.9. The number of benzene rings is 6. The van der Waals surface area contributed by atoms with Crippen molar-refractivity contribution in [3.8, 4) is 0 Å². The van der Waals surface area contributed by atoms with E-state index in [0.29, 0.717) is 114 Å². The normalized spacial score (nSPS) is 21.6. The standard InChI is InChI=1S/3C22H19ClF6N2O/c3*23-18-6-5-15(22(27,28)29)11-19(18)30-7-9-31(10-8-30)20(32)17-12-16(17)13-1-3-14(4-2-13)21(24,25)26/h3*1-6,11,16-17H,7-10,12H2/t16?,17-;2*16-,17-/m010/s1. The van der Waals surface area contributed by atoms with Crippen molar-refractivity contribution < 1.29 is 93.4 Å². The van der Waals surface area contributed by atoms with Gasteiger partial charge in [0.2, 0.25) is 17.7 Å². The van der Waals surface area contributed by atoms with Crippen molar-refractivity contribution in [2.45, 2.75) is 74.1 Å². The lowest BCUT2D eigenvalue weighted by atomic mass is 10.1. The van der Waals surface area contributed by atoms with Crippen LogP contribution in [0.25, 0.3) is 0 Å². The van der Waals surface area contributed by atoms with E-state index >= 15 is 0 Å². The van der Waals surface area contributed by atoms with Crippen LogP contribution in [0.5, 0.6) is 0 Å². The summed E-state index contributed by atoms with van der Waals surface area (Å²) in [6.45, 7) is 4.04. The van der Waals surface area contributed by atoms with E-state index in [0.717, 1.165) is 72.8 Å². The largest absolute Gasteiger partial charge is 0.416 e. The van der Waals surface area contributed by atoms with Gasteiger partial charge in [-0.25, -0.2) is 0 Å². The summed E-state index contributed by atoms with van der Waals surface area (Å²) in [7, 11) is 0. The highest BCUT2D eigenvalue weighted by Gasteiger charge is 2.50. The maximum absolute atomic E-state index is 13.0. The molecule has 3 aliphatic heterocycles. The number of anilines is 3. The third-order valence-electron chi connectivity index (χ3n) is 17.9. The summed E-state index contributed by atoms with van der Waals surface area (Å²) >= 11 is 18.3. The Bertz CT molecular complexity index is 3380. The van der Waals surface area contributed by atoms with Gasteiger partial charge in [0, 0.05) is 96.3 Å². The van der Waals surface area contributed by atoms with Crippen LogP contribution >= 0.6 is 34.8 Å². The minimum Gasteiger partial charge on any atom is -0.367 e. The number of hydrogen-bond acceptors (Lipinski definition) is 6. The highest BCUT2D eigenvalue weighted by atomic mass is 35.5. The van der Waals surface area contributed by atoms with Crippen molar-refractivity contribution in [3.63, 3.8) is 0 Å². The fourth-order valence-electron chi connectivity index (χ4n) is 12.3. The topological polar surface area (TPSA) is 70.7 Å². The molecular weight excluding hydrogens is 1370 g/mol. The van der Waals surface area contributed by atoms with Crippen LogP contribution < -0.4 is 14.7 Å². The Morgan fingerprint density at radius 3 is 0.656 bits per heavy atom. The van der Waals surface area contributed by atoms with E-state index in [9.17, 15) is 93.4 Å². The minimum absolute atomic E-state index is 0.0790. The molecule has 6 atom stereocenters. The monoisotopic (exact) mass is 1430 g/mol. The second kappa shape index (κ2) is 27.6. The lowest BCUT2D eigenvalue weighted by molar-refractivity contribution is -0.138. The third-order valence-corrected chi connectivity index (χ3v) is 18.9. The van der Waals surface area contributed by atoms with Crippen LogP contribution in [0.1, 0.15) is 87.1 Å². The number of rotatable bonds is 9. The molecule has 3 saturated carbocycles. The first kappa shape index (κ1) is 71.5. The SMILES string of the molecule is O=C([C@@H]1C[C@@H]1c1ccc(C(F)(F)F)cc1)N1CCN(c2cc(C(F)(F)F)ccc2Cl)CC1.O=C([C@H]1CC1c1ccc(C(F)(F)F)cc1)N1CCN(c2cc(C(F)(F)F)ccc2Cl)CC1.O=C([C@H]1C[C@H]1c1ccc(C(F)(F)F)cc1)N1CCN(c2cc(C(F)(F)F)ccc2Cl)CC1. The molecule has 0 aromatic heterocycles. The van der Waals surface area contributed by atoms with Crippen LogP contribution in [0, 0.1) is 17.8 Å². The van der Waals surface area contributed by atoms with Crippen LogP contribution in [0.3, 0.4) is 0 Å². The quantitative estimate of drug-likeness (QED) is 0.134. The van der Waals surface area contributed by atoms with E-state index in [1.54, 1.807) is 29.4 Å². The first-order valence-electron chi connectivity index (χ1n) is 30.1. The molecule has 96 heavy (non-hydrogen) atoms. The predicted octanol–water partition coefficient (Wildman–Crippen LogP) is 17.5. The molecule has 12 rings (SSSR count). The molecule has 6 aliphatic rings. The van der Waals surface area contributed by atoms with E-state index in [4.69, 9.17) is 34.8 Å². The summed E-state index contributed by atoms with van der Waals surface area (Å²) in [4.78, 5) is 48.6. The fraction of sp³-hybridized carbons (Fsp3) is 0.409. The summed E-state index contributed by atoms with van der Waals surface area (Å²) in [6, 6.07) is 24.1. The lowest BCUT2D eigenvalue weighted by Gasteiger charge is -2.37. The highest BCUT2D eigenvalue weighted by Crippen LogP contribution is 2.52. The molecule has 516 valence electrons.